The normalized spacial score (nSPS) is 11.2. The van der Waals surface area contributed by atoms with Gasteiger partial charge in [0, 0.05) is 23.6 Å². The molecule has 0 saturated carbocycles. The highest BCUT2D eigenvalue weighted by atomic mass is 32.2. The highest BCUT2D eigenvalue weighted by Gasteiger charge is 2.13. The number of imidazole rings is 1. The quantitative estimate of drug-likeness (QED) is 0.409. The molecule has 1 N–H and O–H groups in total. The molecule has 2 aromatic heterocycles. The summed E-state index contributed by atoms with van der Waals surface area (Å²) in [5.74, 6) is 0.734. The Labute approximate surface area is 186 Å². The minimum atomic E-state index is -0.0401. The SMILES string of the molecule is Cc1cccc(Cn2c(SCc3ccc(C(=O)NC(C)C)cc3)nc3ccncc32)c1. The fourth-order valence-corrected chi connectivity index (χ4v) is 4.42. The van der Waals surface area contributed by atoms with Crippen molar-refractivity contribution in [2.45, 2.75) is 44.3 Å². The predicted molar refractivity (Wildman–Crippen MR) is 126 cm³/mol. The lowest BCUT2D eigenvalue weighted by atomic mass is 10.1. The van der Waals surface area contributed by atoms with Gasteiger partial charge in [-0.15, -0.1) is 0 Å². The lowest BCUT2D eigenvalue weighted by molar-refractivity contribution is 0.0943. The predicted octanol–water partition coefficient (Wildman–Crippen LogP) is 5.22. The molecule has 0 spiro atoms. The zero-order valence-electron chi connectivity index (χ0n) is 18.0. The average molecular weight is 431 g/mol. The van der Waals surface area contributed by atoms with Crippen molar-refractivity contribution in [2.75, 3.05) is 0 Å². The second-order valence-corrected chi connectivity index (χ2v) is 8.89. The molecule has 5 nitrogen and oxygen atoms in total. The van der Waals surface area contributed by atoms with Crippen LogP contribution in [-0.2, 0) is 12.3 Å². The Bertz CT molecular complexity index is 1200. The van der Waals surface area contributed by atoms with Crippen LogP contribution in [0.15, 0.2) is 72.1 Å². The summed E-state index contributed by atoms with van der Waals surface area (Å²) in [6.07, 6.45) is 3.66. The summed E-state index contributed by atoms with van der Waals surface area (Å²) in [5, 5.41) is 3.89. The van der Waals surface area contributed by atoms with E-state index in [1.807, 2.05) is 50.4 Å². The number of thioether (sulfide) groups is 1. The molecular weight excluding hydrogens is 404 g/mol. The monoisotopic (exact) mass is 430 g/mol. The zero-order valence-corrected chi connectivity index (χ0v) is 18.8. The van der Waals surface area contributed by atoms with E-state index in [1.165, 1.54) is 11.1 Å². The van der Waals surface area contributed by atoms with Gasteiger partial charge in [0.2, 0.25) is 0 Å². The molecule has 2 aromatic carbocycles. The Morgan fingerprint density at radius 2 is 1.90 bits per heavy atom. The summed E-state index contributed by atoms with van der Waals surface area (Å²) >= 11 is 1.70. The molecule has 4 aromatic rings. The number of pyridine rings is 1. The molecule has 0 saturated heterocycles. The first-order chi connectivity index (χ1) is 15.0. The Hall–Kier alpha value is -3.12. The minimum Gasteiger partial charge on any atom is -0.350 e. The van der Waals surface area contributed by atoms with Crippen LogP contribution in [0.2, 0.25) is 0 Å². The fourth-order valence-electron chi connectivity index (χ4n) is 3.45. The van der Waals surface area contributed by atoms with Gasteiger partial charge in [0.05, 0.1) is 23.8 Å². The minimum absolute atomic E-state index is 0.0401. The molecule has 0 radical (unpaired) electrons. The molecular formula is C25H26N4OS. The van der Waals surface area contributed by atoms with E-state index in [-0.39, 0.29) is 11.9 Å². The third-order valence-corrected chi connectivity index (χ3v) is 5.99. The number of nitrogens with zero attached hydrogens (tertiary/aromatic N) is 3. The highest BCUT2D eigenvalue weighted by molar-refractivity contribution is 7.98. The number of amides is 1. The van der Waals surface area contributed by atoms with E-state index >= 15 is 0 Å². The van der Waals surface area contributed by atoms with Crippen LogP contribution in [0, 0.1) is 6.92 Å². The van der Waals surface area contributed by atoms with E-state index in [0.29, 0.717) is 5.56 Å². The van der Waals surface area contributed by atoms with Gasteiger partial charge in [-0.3, -0.25) is 9.78 Å². The average Bonchev–Trinajstić information content (AvgIpc) is 3.09. The zero-order chi connectivity index (χ0) is 21.8. The summed E-state index contributed by atoms with van der Waals surface area (Å²) in [5.41, 5.74) is 6.30. The van der Waals surface area contributed by atoms with Gasteiger partial charge in [-0.1, -0.05) is 53.7 Å². The maximum Gasteiger partial charge on any atom is 0.251 e. The van der Waals surface area contributed by atoms with E-state index in [0.717, 1.165) is 34.1 Å². The fraction of sp³-hybridized carbons (Fsp3) is 0.240. The standard InChI is InChI=1S/C25H26N4OS/c1-17(2)27-24(30)21-9-7-19(8-10-21)16-31-25-28-22-11-12-26-14-23(22)29(25)15-20-6-4-5-18(3)13-20/h4-14,17H,15-16H2,1-3H3,(H,27,30). The number of hydrogen-bond acceptors (Lipinski definition) is 4. The van der Waals surface area contributed by atoms with Gasteiger partial charge in [0.15, 0.2) is 5.16 Å². The second kappa shape index (κ2) is 9.35. The Morgan fingerprint density at radius 3 is 2.65 bits per heavy atom. The largest absolute Gasteiger partial charge is 0.350 e. The summed E-state index contributed by atoms with van der Waals surface area (Å²) in [6, 6.07) is 18.4. The maximum atomic E-state index is 12.2. The lowest BCUT2D eigenvalue weighted by Gasteiger charge is -2.10. The van der Waals surface area contributed by atoms with Crippen molar-refractivity contribution in [3.8, 4) is 0 Å². The Morgan fingerprint density at radius 1 is 1.10 bits per heavy atom. The van der Waals surface area contributed by atoms with E-state index in [1.54, 1.807) is 18.0 Å². The first kappa shape index (κ1) is 21.1. The molecule has 0 unspecified atom stereocenters. The second-order valence-electron chi connectivity index (χ2n) is 7.95. The Kier molecular flexibility index (Phi) is 6.37. The van der Waals surface area contributed by atoms with Gasteiger partial charge in [0.1, 0.15) is 0 Å². The first-order valence-corrected chi connectivity index (χ1v) is 11.4. The number of fused-ring (bicyclic) bond motifs is 1. The summed E-state index contributed by atoms with van der Waals surface area (Å²) in [4.78, 5) is 21.3. The maximum absolute atomic E-state index is 12.2. The number of rotatable bonds is 7. The molecule has 0 aliphatic heterocycles. The number of hydrogen-bond donors (Lipinski definition) is 1. The summed E-state index contributed by atoms with van der Waals surface area (Å²) < 4.78 is 2.23. The van der Waals surface area contributed by atoms with Crippen molar-refractivity contribution in [1.82, 2.24) is 19.9 Å². The van der Waals surface area contributed by atoms with Gasteiger partial charge in [0.25, 0.3) is 5.91 Å². The van der Waals surface area contributed by atoms with Gasteiger partial charge in [-0.25, -0.2) is 4.98 Å². The number of aryl methyl sites for hydroxylation is 1. The number of carbonyl (C=O) groups excluding carboxylic acids is 1. The van der Waals surface area contributed by atoms with Crippen molar-refractivity contribution in [1.29, 1.82) is 0 Å². The van der Waals surface area contributed by atoms with Crippen LogP contribution < -0.4 is 5.32 Å². The number of benzene rings is 2. The molecule has 0 bridgehead atoms. The van der Waals surface area contributed by atoms with Gasteiger partial charge in [-0.2, -0.15) is 0 Å². The molecule has 4 rings (SSSR count). The van der Waals surface area contributed by atoms with Crippen LogP contribution in [0.5, 0.6) is 0 Å². The highest BCUT2D eigenvalue weighted by Crippen LogP contribution is 2.27. The van der Waals surface area contributed by atoms with Crippen LogP contribution in [-0.4, -0.2) is 26.5 Å². The van der Waals surface area contributed by atoms with Crippen molar-refractivity contribution in [2.24, 2.45) is 0 Å². The van der Waals surface area contributed by atoms with Crippen LogP contribution in [0.25, 0.3) is 11.0 Å². The van der Waals surface area contributed by atoms with Crippen LogP contribution >= 0.6 is 11.8 Å². The van der Waals surface area contributed by atoms with E-state index in [4.69, 9.17) is 4.98 Å². The summed E-state index contributed by atoms with van der Waals surface area (Å²) in [7, 11) is 0. The molecule has 31 heavy (non-hydrogen) atoms. The Balaban J connectivity index is 1.54. The molecule has 0 aliphatic rings. The molecule has 0 fully saturated rings. The van der Waals surface area contributed by atoms with E-state index in [2.05, 4.69) is 46.1 Å². The number of aromatic nitrogens is 3. The first-order valence-electron chi connectivity index (χ1n) is 10.4. The van der Waals surface area contributed by atoms with Crippen molar-refractivity contribution < 1.29 is 4.79 Å². The molecule has 158 valence electrons. The van der Waals surface area contributed by atoms with Crippen molar-refractivity contribution in [3.05, 3.63) is 89.2 Å². The summed E-state index contributed by atoms with van der Waals surface area (Å²) in [6.45, 7) is 6.78. The molecule has 0 atom stereocenters. The number of nitrogens with one attached hydrogen (secondary N) is 1. The van der Waals surface area contributed by atoms with Gasteiger partial charge >= 0.3 is 0 Å². The van der Waals surface area contributed by atoms with E-state index in [9.17, 15) is 4.79 Å². The number of carbonyl (C=O) groups is 1. The van der Waals surface area contributed by atoms with Crippen molar-refractivity contribution >= 4 is 28.7 Å². The molecule has 1 amide bonds. The third-order valence-electron chi connectivity index (χ3n) is 4.94. The topological polar surface area (TPSA) is 59.8 Å². The van der Waals surface area contributed by atoms with Crippen LogP contribution in [0.1, 0.15) is 40.9 Å². The van der Waals surface area contributed by atoms with Crippen LogP contribution in [0.4, 0.5) is 0 Å². The lowest BCUT2D eigenvalue weighted by Crippen LogP contribution is -2.29. The molecule has 6 heteroatoms. The van der Waals surface area contributed by atoms with Gasteiger partial charge < -0.3 is 9.88 Å². The van der Waals surface area contributed by atoms with Crippen molar-refractivity contribution in [3.63, 3.8) is 0 Å². The van der Waals surface area contributed by atoms with Gasteiger partial charge in [-0.05, 0) is 50.1 Å². The molecule has 2 heterocycles. The smallest absolute Gasteiger partial charge is 0.251 e. The van der Waals surface area contributed by atoms with E-state index < -0.39 is 0 Å². The molecule has 0 aliphatic carbocycles. The van der Waals surface area contributed by atoms with Crippen LogP contribution in [0.3, 0.4) is 0 Å². The third kappa shape index (κ3) is 5.14.